The molecule has 1 fully saturated rings. The van der Waals surface area contributed by atoms with Gasteiger partial charge in [0.15, 0.2) is 0 Å². The van der Waals surface area contributed by atoms with Crippen molar-refractivity contribution < 1.29 is 18.1 Å². The molecule has 0 radical (unpaired) electrons. The predicted molar refractivity (Wildman–Crippen MR) is 115 cm³/mol. The van der Waals surface area contributed by atoms with Gasteiger partial charge in [-0.25, -0.2) is 8.42 Å². The number of piperazine rings is 1. The summed E-state index contributed by atoms with van der Waals surface area (Å²) in [6.07, 6.45) is 0. The van der Waals surface area contributed by atoms with E-state index in [0.29, 0.717) is 24.2 Å². The number of halogens is 2. The van der Waals surface area contributed by atoms with Gasteiger partial charge in [0.2, 0.25) is 10.0 Å². The van der Waals surface area contributed by atoms with E-state index in [9.17, 15) is 18.5 Å². The molecule has 0 saturated carbocycles. The maximum Gasteiger partial charge on any atom is 0.271 e. The van der Waals surface area contributed by atoms with Crippen LogP contribution >= 0.6 is 23.2 Å². The van der Waals surface area contributed by atoms with Gasteiger partial charge in [0.05, 0.1) is 9.95 Å². The van der Waals surface area contributed by atoms with Gasteiger partial charge >= 0.3 is 0 Å². The summed E-state index contributed by atoms with van der Waals surface area (Å²) in [4.78, 5) is 12.5. The first-order valence-corrected chi connectivity index (χ1v) is 11.4. The number of non-ortho nitro benzene ring substituents is 1. The summed E-state index contributed by atoms with van der Waals surface area (Å²) in [6, 6.07) is 8.29. The first kappa shape index (κ1) is 22.8. The molecule has 3 rings (SSSR count). The Morgan fingerprint density at radius 1 is 1.03 bits per heavy atom. The topological polar surface area (TPSA) is 93.0 Å². The van der Waals surface area contributed by atoms with Crippen molar-refractivity contribution in [1.82, 2.24) is 9.21 Å². The third kappa shape index (κ3) is 4.87. The molecule has 0 spiro atoms. The summed E-state index contributed by atoms with van der Waals surface area (Å²) >= 11 is 12.1. The summed E-state index contributed by atoms with van der Waals surface area (Å²) in [5.41, 5.74) is -0.348. The lowest BCUT2D eigenvalue weighted by Crippen LogP contribution is -2.50. The molecule has 162 valence electrons. The Morgan fingerprint density at radius 3 is 2.30 bits per heavy atom. The van der Waals surface area contributed by atoms with Crippen LogP contribution in [-0.4, -0.2) is 54.8 Å². The minimum Gasteiger partial charge on any atom is -0.454 e. The van der Waals surface area contributed by atoms with Crippen LogP contribution in [0.3, 0.4) is 0 Å². The van der Waals surface area contributed by atoms with Crippen LogP contribution in [0.25, 0.3) is 0 Å². The van der Waals surface area contributed by atoms with Crippen LogP contribution in [-0.2, 0) is 10.0 Å². The van der Waals surface area contributed by atoms with Gasteiger partial charge < -0.3 is 4.74 Å². The first-order valence-electron chi connectivity index (χ1n) is 9.25. The van der Waals surface area contributed by atoms with Gasteiger partial charge in [-0.15, -0.1) is 0 Å². The van der Waals surface area contributed by atoms with Gasteiger partial charge in [-0.3, -0.25) is 15.0 Å². The van der Waals surface area contributed by atoms with E-state index < -0.39 is 14.9 Å². The summed E-state index contributed by atoms with van der Waals surface area (Å²) in [5, 5.41) is 11.8. The lowest BCUT2D eigenvalue weighted by molar-refractivity contribution is -0.385. The van der Waals surface area contributed by atoms with Crippen LogP contribution < -0.4 is 4.74 Å². The van der Waals surface area contributed by atoms with E-state index in [-0.39, 0.29) is 40.2 Å². The van der Waals surface area contributed by atoms with Crippen molar-refractivity contribution in [2.45, 2.75) is 24.8 Å². The molecule has 0 unspecified atom stereocenters. The Balaban J connectivity index is 2.00. The van der Waals surface area contributed by atoms with E-state index in [4.69, 9.17) is 27.9 Å². The molecule has 1 saturated heterocycles. The highest BCUT2D eigenvalue weighted by Gasteiger charge is 2.33. The first-order chi connectivity index (χ1) is 14.1. The van der Waals surface area contributed by atoms with Gasteiger partial charge in [-0.2, -0.15) is 4.31 Å². The van der Waals surface area contributed by atoms with Crippen molar-refractivity contribution >= 4 is 38.9 Å². The van der Waals surface area contributed by atoms with Crippen molar-refractivity contribution in [3.63, 3.8) is 0 Å². The number of nitrogens with zero attached hydrogens (tertiary/aromatic N) is 3. The zero-order valence-corrected chi connectivity index (χ0v) is 18.7. The van der Waals surface area contributed by atoms with Crippen LogP contribution in [0.15, 0.2) is 41.3 Å². The molecule has 1 aliphatic heterocycles. The summed E-state index contributed by atoms with van der Waals surface area (Å²) in [5.74, 6) is 0.0927. The zero-order chi connectivity index (χ0) is 22.1. The highest BCUT2D eigenvalue weighted by atomic mass is 35.5. The van der Waals surface area contributed by atoms with Gasteiger partial charge in [-0.1, -0.05) is 23.2 Å². The van der Waals surface area contributed by atoms with Crippen molar-refractivity contribution in [2.24, 2.45) is 0 Å². The highest BCUT2D eigenvalue weighted by molar-refractivity contribution is 7.89. The molecule has 2 aromatic rings. The molecule has 8 nitrogen and oxygen atoms in total. The molecule has 0 N–H and O–H groups in total. The largest absolute Gasteiger partial charge is 0.454 e. The fraction of sp³-hybridized carbons (Fsp3) is 0.368. The normalized spacial score (nSPS) is 16.0. The standard InChI is InChI=1S/C19H21Cl2N3O5S/c1-13(2)22-7-9-23(10-8-22)30(27,28)19-12-15(24(25)26)4-6-17(19)29-18-11-14(20)3-5-16(18)21/h3-6,11-13H,7-10H2,1-2H3. The lowest BCUT2D eigenvalue weighted by Gasteiger charge is -2.36. The van der Waals surface area contributed by atoms with E-state index in [1.165, 1.54) is 28.6 Å². The summed E-state index contributed by atoms with van der Waals surface area (Å²) in [7, 11) is -4.04. The SMILES string of the molecule is CC(C)N1CCN(S(=O)(=O)c2cc([N+](=O)[O-])ccc2Oc2cc(Cl)ccc2Cl)CC1. The molecule has 1 aliphatic rings. The fourth-order valence-electron chi connectivity index (χ4n) is 3.17. The van der Waals surface area contributed by atoms with Gasteiger partial charge in [0, 0.05) is 55.4 Å². The predicted octanol–water partition coefficient (Wildman–Crippen LogP) is 4.41. The second kappa shape index (κ2) is 9.07. The Labute approximate surface area is 185 Å². The smallest absolute Gasteiger partial charge is 0.271 e. The average molecular weight is 474 g/mol. The molecule has 0 aromatic heterocycles. The van der Waals surface area contributed by atoms with E-state index in [0.717, 1.165) is 6.07 Å². The summed E-state index contributed by atoms with van der Waals surface area (Å²) < 4.78 is 33.7. The van der Waals surface area contributed by atoms with Crippen molar-refractivity contribution in [3.8, 4) is 11.5 Å². The molecular weight excluding hydrogens is 453 g/mol. The van der Waals surface area contributed by atoms with Crippen LogP contribution in [0, 0.1) is 10.1 Å². The molecule has 2 aromatic carbocycles. The number of nitro benzene ring substituents is 1. The maximum absolute atomic E-state index is 13.3. The Hall–Kier alpha value is -1.91. The van der Waals surface area contributed by atoms with Crippen LogP contribution in [0.1, 0.15) is 13.8 Å². The average Bonchev–Trinajstić information content (AvgIpc) is 2.70. The van der Waals surface area contributed by atoms with E-state index in [1.807, 2.05) is 13.8 Å². The third-order valence-corrected chi connectivity index (χ3v) is 7.34. The Morgan fingerprint density at radius 2 is 1.70 bits per heavy atom. The third-order valence-electron chi connectivity index (χ3n) is 4.87. The Bertz CT molecular complexity index is 1050. The number of benzene rings is 2. The quantitative estimate of drug-likeness (QED) is 0.455. The molecular formula is C19H21Cl2N3O5S. The van der Waals surface area contributed by atoms with Gasteiger partial charge in [0.1, 0.15) is 16.4 Å². The van der Waals surface area contributed by atoms with E-state index >= 15 is 0 Å². The maximum atomic E-state index is 13.3. The minimum atomic E-state index is -4.04. The molecule has 0 atom stereocenters. The number of nitro groups is 1. The van der Waals surface area contributed by atoms with Gasteiger partial charge in [0.25, 0.3) is 5.69 Å². The molecule has 0 aliphatic carbocycles. The van der Waals surface area contributed by atoms with Crippen molar-refractivity contribution in [1.29, 1.82) is 0 Å². The van der Waals surface area contributed by atoms with Crippen molar-refractivity contribution in [3.05, 3.63) is 56.6 Å². The zero-order valence-electron chi connectivity index (χ0n) is 16.4. The second-order valence-electron chi connectivity index (χ2n) is 7.10. The monoisotopic (exact) mass is 473 g/mol. The minimum absolute atomic E-state index is 0.0592. The summed E-state index contributed by atoms with van der Waals surface area (Å²) in [6.45, 7) is 5.79. The molecule has 11 heteroatoms. The number of rotatable bonds is 6. The van der Waals surface area contributed by atoms with Crippen LogP contribution in [0.2, 0.25) is 10.0 Å². The van der Waals surface area contributed by atoms with Gasteiger partial charge in [-0.05, 0) is 32.0 Å². The number of sulfonamides is 1. The van der Waals surface area contributed by atoms with Crippen molar-refractivity contribution in [2.75, 3.05) is 26.2 Å². The second-order valence-corrected chi connectivity index (χ2v) is 9.85. The lowest BCUT2D eigenvalue weighted by atomic mass is 10.3. The number of ether oxygens (including phenoxy) is 1. The molecule has 30 heavy (non-hydrogen) atoms. The van der Waals surface area contributed by atoms with E-state index in [2.05, 4.69) is 4.90 Å². The van der Waals surface area contributed by atoms with Crippen LogP contribution in [0.4, 0.5) is 5.69 Å². The number of hydrogen-bond acceptors (Lipinski definition) is 6. The molecule has 0 amide bonds. The number of hydrogen-bond donors (Lipinski definition) is 0. The van der Waals surface area contributed by atoms with E-state index in [1.54, 1.807) is 6.07 Å². The highest BCUT2D eigenvalue weighted by Crippen LogP contribution is 2.37. The molecule has 1 heterocycles. The fourth-order valence-corrected chi connectivity index (χ4v) is 5.04. The molecule has 0 bridgehead atoms. The Kier molecular flexibility index (Phi) is 6.88. The van der Waals surface area contributed by atoms with Crippen LogP contribution in [0.5, 0.6) is 11.5 Å².